The Morgan fingerprint density at radius 1 is 1.33 bits per heavy atom. The Hall–Kier alpha value is -2.21. The Labute approximate surface area is 124 Å². The van der Waals surface area contributed by atoms with Crippen molar-refractivity contribution in [2.45, 2.75) is 32.5 Å². The molecule has 1 aromatic heterocycles. The summed E-state index contributed by atoms with van der Waals surface area (Å²) in [5, 5.41) is 17.5. The first-order valence-corrected chi connectivity index (χ1v) is 6.82. The first-order chi connectivity index (χ1) is 9.94. The van der Waals surface area contributed by atoms with Gasteiger partial charge in [-0.3, -0.25) is 4.79 Å². The molecule has 1 heterocycles. The summed E-state index contributed by atoms with van der Waals surface area (Å²) < 4.78 is 1.48. The third kappa shape index (κ3) is 5.00. The Bertz CT molecular complexity index is 561. The van der Waals surface area contributed by atoms with Gasteiger partial charge in [0.1, 0.15) is 6.54 Å². The fourth-order valence-corrected chi connectivity index (χ4v) is 2.06. The molecule has 0 bridgehead atoms. The molecule has 0 aliphatic carbocycles. The molecule has 0 spiro atoms. The van der Waals surface area contributed by atoms with Crippen molar-refractivity contribution in [1.29, 1.82) is 0 Å². The van der Waals surface area contributed by atoms with Gasteiger partial charge < -0.3 is 10.0 Å². The fraction of sp³-hybridized carbons (Fsp3) is 0.400. The van der Waals surface area contributed by atoms with E-state index in [1.807, 2.05) is 30.3 Å². The van der Waals surface area contributed by atoms with Crippen LogP contribution in [-0.2, 0) is 17.9 Å². The second-order valence-corrected chi connectivity index (χ2v) is 5.65. The number of aliphatic hydroxyl groups is 1. The van der Waals surface area contributed by atoms with Crippen molar-refractivity contribution in [2.24, 2.45) is 0 Å². The van der Waals surface area contributed by atoms with Gasteiger partial charge in [-0.05, 0) is 19.4 Å². The van der Waals surface area contributed by atoms with E-state index in [1.165, 1.54) is 10.9 Å². The highest BCUT2D eigenvalue weighted by Gasteiger charge is 2.23. The second kappa shape index (κ2) is 6.49. The topological polar surface area (TPSA) is 71.2 Å². The van der Waals surface area contributed by atoms with Crippen molar-refractivity contribution in [3.05, 3.63) is 48.3 Å². The number of amides is 1. The molecule has 2 aromatic rings. The van der Waals surface area contributed by atoms with Gasteiger partial charge in [-0.1, -0.05) is 35.5 Å². The molecule has 6 heteroatoms. The number of nitrogens with zero attached hydrogens (tertiary/aromatic N) is 4. The van der Waals surface area contributed by atoms with Gasteiger partial charge in [0.25, 0.3) is 0 Å². The number of carbonyl (C=O) groups excluding carboxylic acids is 1. The van der Waals surface area contributed by atoms with Gasteiger partial charge >= 0.3 is 0 Å². The minimum absolute atomic E-state index is 0.105. The SMILES string of the molecule is CC(C)(O)CN(Cc1ccccc1)C(=O)Cn1ccnn1. The summed E-state index contributed by atoms with van der Waals surface area (Å²) in [6, 6.07) is 9.71. The highest BCUT2D eigenvalue weighted by Crippen LogP contribution is 2.11. The van der Waals surface area contributed by atoms with Crippen LogP contribution in [0.15, 0.2) is 42.7 Å². The maximum Gasteiger partial charge on any atom is 0.244 e. The summed E-state index contributed by atoms with van der Waals surface area (Å²) in [7, 11) is 0. The van der Waals surface area contributed by atoms with Crippen molar-refractivity contribution < 1.29 is 9.90 Å². The molecule has 6 nitrogen and oxygen atoms in total. The maximum absolute atomic E-state index is 12.4. The monoisotopic (exact) mass is 288 g/mol. The normalized spacial score (nSPS) is 11.4. The standard InChI is InChI=1S/C15H20N4O2/c1-15(2,21)12-18(10-13-6-4-3-5-7-13)14(20)11-19-9-8-16-17-19/h3-9,21H,10-12H2,1-2H3. The Kier molecular flexibility index (Phi) is 4.70. The summed E-state index contributed by atoms with van der Waals surface area (Å²) in [6.45, 7) is 4.21. The zero-order valence-corrected chi connectivity index (χ0v) is 12.3. The molecule has 0 saturated carbocycles. The highest BCUT2D eigenvalue weighted by atomic mass is 16.3. The van der Waals surface area contributed by atoms with Crippen LogP contribution >= 0.6 is 0 Å². The van der Waals surface area contributed by atoms with E-state index in [2.05, 4.69) is 10.3 Å². The largest absolute Gasteiger partial charge is 0.389 e. The van der Waals surface area contributed by atoms with Crippen molar-refractivity contribution in [1.82, 2.24) is 19.9 Å². The van der Waals surface area contributed by atoms with Crippen molar-refractivity contribution in [2.75, 3.05) is 6.54 Å². The molecule has 0 atom stereocenters. The van der Waals surface area contributed by atoms with Gasteiger partial charge in [-0.15, -0.1) is 5.10 Å². The molecule has 1 N–H and O–H groups in total. The van der Waals surface area contributed by atoms with E-state index < -0.39 is 5.60 Å². The first kappa shape index (κ1) is 15.2. The lowest BCUT2D eigenvalue weighted by atomic mass is 10.1. The van der Waals surface area contributed by atoms with Gasteiger partial charge in [0, 0.05) is 19.3 Å². The van der Waals surface area contributed by atoms with E-state index in [4.69, 9.17) is 0 Å². The molecule has 1 amide bonds. The van der Waals surface area contributed by atoms with Crippen LogP contribution < -0.4 is 0 Å². The molecule has 0 aliphatic rings. The van der Waals surface area contributed by atoms with Crippen LogP contribution in [0.1, 0.15) is 19.4 Å². The van der Waals surface area contributed by atoms with Gasteiger partial charge in [-0.25, -0.2) is 4.68 Å². The van der Waals surface area contributed by atoms with E-state index >= 15 is 0 Å². The molecule has 2 rings (SSSR count). The lowest BCUT2D eigenvalue weighted by Crippen LogP contribution is -2.43. The Morgan fingerprint density at radius 3 is 2.62 bits per heavy atom. The zero-order chi connectivity index (χ0) is 15.3. The third-order valence-corrected chi connectivity index (χ3v) is 2.92. The third-order valence-electron chi connectivity index (χ3n) is 2.92. The fourth-order valence-electron chi connectivity index (χ4n) is 2.06. The predicted molar refractivity (Wildman–Crippen MR) is 78.2 cm³/mol. The lowest BCUT2D eigenvalue weighted by Gasteiger charge is -2.29. The van der Waals surface area contributed by atoms with Crippen LogP contribution in [0.2, 0.25) is 0 Å². The van der Waals surface area contributed by atoms with Gasteiger partial charge in [0.15, 0.2) is 0 Å². The van der Waals surface area contributed by atoms with E-state index in [1.54, 1.807) is 24.9 Å². The average Bonchev–Trinajstić information content (AvgIpc) is 2.90. The van der Waals surface area contributed by atoms with Crippen LogP contribution in [0.5, 0.6) is 0 Å². The molecule has 0 saturated heterocycles. The molecular weight excluding hydrogens is 268 g/mol. The number of hydrogen-bond donors (Lipinski definition) is 1. The number of aromatic nitrogens is 3. The van der Waals surface area contributed by atoms with Gasteiger partial charge in [0.2, 0.25) is 5.91 Å². The summed E-state index contributed by atoms with van der Waals surface area (Å²) in [4.78, 5) is 14.1. The van der Waals surface area contributed by atoms with Crippen LogP contribution in [0.4, 0.5) is 0 Å². The zero-order valence-electron chi connectivity index (χ0n) is 12.3. The number of rotatable bonds is 6. The van der Waals surface area contributed by atoms with Crippen LogP contribution in [0.3, 0.4) is 0 Å². The van der Waals surface area contributed by atoms with Crippen LogP contribution in [0.25, 0.3) is 0 Å². The Balaban J connectivity index is 2.09. The van der Waals surface area contributed by atoms with Gasteiger partial charge in [0.05, 0.1) is 11.8 Å². The molecule has 0 aliphatic heterocycles. The summed E-state index contributed by atoms with van der Waals surface area (Å²) in [6.07, 6.45) is 3.17. The van der Waals surface area contributed by atoms with Crippen molar-refractivity contribution in [3.63, 3.8) is 0 Å². The minimum atomic E-state index is -0.952. The lowest BCUT2D eigenvalue weighted by molar-refractivity contribution is -0.135. The maximum atomic E-state index is 12.4. The summed E-state index contributed by atoms with van der Waals surface area (Å²) in [5.74, 6) is -0.105. The van der Waals surface area contributed by atoms with Crippen molar-refractivity contribution >= 4 is 5.91 Å². The average molecular weight is 288 g/mol. The smallest absolute Gasteiger partial charge is 0.244 e. The first-order valence-electron chi connectivity index (χ1n) is 6.82. The molecule has 1 aromatic carbocycles. The van der Waals surface area contributed by atoms with E-state index in [9.17, 15) is 9.90 Å². The number of hydrogen-bond acceptors (Lipinski definition) is 4. The van der Waals surface area contributed by atoms with E-state index in [-0.39, 0.29) is 19.0 Å². The number of carbonyl (C=O) groups is 1. The second-order valence-electron chi connectivity index (χ2n) is 5.65. The molecule has 0 unspecified atom stereocenters. The molecule has 0 radical (unpaired) electrons. The quantitative estimate of drug-likeness (QED) is 0.863. The van der Waals surface area contributed by atoms with Crippen LogP contribution in [0, 0.1) is 0 Å². The van der Waals surface area contributed by atoms with Crippen LogP contribution in [-0.4, -0.2) is 43.1 Å². The van der Waals surface area contributed by atoms with E-state index in [0.29, 0.717) is 6.54 Å². The van der Waals surface area contributed by atoms with Gasteiger partial charge in [-0.2, -0.15) is 0 Å². The highest BCUT2D eigenvalue weighted by molar-refractivity contribution is 5.76. The van der Waals surface area contributed by atoms with Crippen molar-refractivity contribution in [3.8, 4) is 0 Å². The molecular formula is C15H20N4O2. The summed E-state index contributed by atoms with van der Waals surface area (Å²) in [5.41, 5.74) is 0.0704. The predicted octanol–water partition coefficient (Wildman–Crippen LogP) is 1.08. The van der Waals surface area contributed by atoms with E-state index in [0.717, 1.165) is 5.56 Å². The molecule has 112 valence electrons. The molecule has 0 fully saturated rings. The Morgan fingerprint density at radius 2 is 2.05 bits per heavy atom. The minimum Gasteiger partial charge on any atom is -0.389 e. The summed E-state index contributed by atoms with van der Waals surface area (Å²) >= 11 is 0. The molecule has 21 heavy (non-hydrogen) atoms. The number of benzene rings is 1.